The average Bonchev–Trinajstić information content (AvgIpc) is 3.09. The number of likely N-dealkylation sites (N-methyl/N-ethyl adjacent to an activating group) is 1. The third-order valence-corrected chi connectivity index (χ3v) is 6.24. The van der Waals surface area contributed by atoms with Crippen molar-refractivity contribution in [3.05, 3.63) is 50.9 Å². The molecule has 3 heterocycles. The standard InChI is InChI=1S/C21H23N3O5S/c1-4-24(9-13-11-28-14-7-5-6-8-15(14)29-13)10-16-22-19(25)17-12(2)18(21(26)27-3)30-20(17)23-16/h5-8,13H,4,9-11H2,1-3H3,(H,22,23,25). The maximum atomic E-state index is 12.6. The van der Waals surface area contributed by atoms with Crippen LogP contribution in [-0.4, -0.2) is 53.7 Å². The summed E-state index contributed by atoms with van der Waals surface area (Å²) in [5.41, 5.74) is 0.349. The van der Waals surface area contributed by atoms with Gasteiger partial charge in [0, 0.05) is 6.54 Å². The summed E-state index contributed by atoms with van der Waals surface area (Å²) in [4.78, 5) is 35.1. The van der Waals surface area contributed by atoms with E-state index in [-0.39, 0.29) is 11.7 Å². The van der Waals surface area contributed by atoms with Crippen molar-refractivity contribution in [3.8, 4) is 11.5 Å². The molecule has 1 N–H and O–H groups in total. The van der Waals surface area contributed by atoms with Crippen molar-refractivity contribution in [1.29, 1.82) is 0 Å². The molecule has 1 atom stereocenters. The van der Waals surface area contributed by atoms with Gasteiger partial charge >= 0.3 is 5.97 Å². The van der Waals surface area contributed by atoms with Crippen LogP contribution in [0.15, 0.2) is 29.1 Å². The van der Waals surface area contributed by atoms with E-state index in [1.165, 1.54) is 18.4 Å². The van der Waals surface area contributed by atoms with Crippen LogP contribution in [0.4, 0.5) is 0 Å². The van der Waals surface area contributed by atoms with Gasteiger partial charge in [0.25, 0.3) is 5.56 Å². The van der Waals surface area contributed by atoms with Crippen molar-refractivity contribution in [2.24, 2.45) is 0 Å². The van der Waals surface area contributed by atoms with Gasteiger partial charge in [-0.3, -0.25) is 9.69 Å². The first kappa shape index (κ1) is 20.4. The number of fused-ring (bicyclic) bond motifs is 2. The van der Waals surface area contributed by atoms with Gasteiger partial charge in [-0.05, 0) is 31.2 Å². The van der Waals surface area contributed by atoms with Crippen LogP contribution in [0, 0.1) is 6.92 Å². The summed E-state index contributed by atoms with van der Waals surface area (Å²) in [5, 5.41) is 0.438. The molecule has 30 heavy (non-hydrogen) atoms. The van der Waals surface area contributed by atoms with Crippen molar-refractivity contribution < 1.29 is 19.0 Å². The number of nitrogens with zero attached hydrogens (tertiary/aromatic N) is 2. The summed E-state index contributed by atoms with van der Waals surface area (Å²) in [6, 6.07) is 7.61. The number of aryl methyl sites for hydroxylation is 1. The van der Waals surface area contributed by atoms with Crippen LogP contribution in [0.25, 0.3) is 10.2 Å². The summed E-state index contributed by atoms with van der Waals surface area (Å²) in [5.74, 6) is 1.58. The first-order valence-electron chi connectivity index (χ1n) is 9.71. The van der Waals surface area contributed by atoms with E-state index in [0.29, 0.717) is 46.2 Å². The number of hydrogen-bond donors (Lipinski definition) is 1. The Kier molecular flexibility index (Phi) is 5.74. The lowest BCUT2D eigenvalue weighted by atomic mass is 10.2. The van der Waals surface area contributed by atoms with Crippen LogP contribution < -0.4 is 15.0 Å². The molecule has 3 aromatic rings. The lowest BCUT2D eigenvalue weighted by Crippen LogP contribution is -2.41. The Labute approximate surface area is 177 Å². The number of carbonyl (C=O) groups excluding carboxylic acids is 1. The molecule has 0 spiro atoms. The zero-order valence-corrected chi connectivity index (χ0v) is 17.9. The predicted molar refractivity (Wildman–Crippen MR) is 114 cm³/mol. The molecule has 0 radical (unpaired) electrons. The van der Waals surface area contributed by atoms with Crippen molar-refractivity contribution in [1.82, 2.24) is 14.9 Å². The van der Waals surface area contributed by atoms with Crippen LogP contribution in [0.5, 0.6) is 11.5 Å². The number of rotatable bonds is 6. The largest absolute Gasteiger partial charge is 0.486 e. The van der Waals surface area contributed by atoms with Gasteiger partial charge in [0.1, 0.15) is 28.2 Å². The molecule has 1 unspecified atom stereocenters. The first-order chi connectivity index (χ1) is 14.5. The minimum atomic E-state index is -0.457. The van der Waals surface area contributed by atoms with E-state index in [4.69, 9.17) is 14.2 Å². The highest BCUT2D eigenvalue weighted by molar-refractivity contribution is 7.20. The van der Waals surface area contributed by atoms with Gasteiger partial charge in [0.05, 0.1) is 19.0 Å². The molecule has 9 heteroatoms. The Morgan fingerprint density at radius 1 is 1.37 bits per heavy atom. The fourth-order valence-electron chi connectivity index (χ4n) is 3.51. The van der Waals surface area contributed by atoms with Gasteiger partial charge in [-0.15, -0.1) is 11.3 Å². The highest BCUT2D eigenvalue weighted by Crippen LogP contribution is 2.31. The van der Waals surface area contributed by atoms with Crippen molar-refractivity contribution in [2.75, 3.05) is 26.8 Å². The van der Waals surface area contributed by atoms with Gasteiger partial charge in [-0.2, -0.15) is 0 Å². The number of carbonyl (C=O) groups is 1. The van der Waals surface area contributed by atoms with Crippen molar-refractivity contribution in [3.63, 3.8) is 0 Å². The fraction of sp³-hybridized carbons (Fsp3) is 0.381. The van der Waals surface area contributed by atoms with Crippen LogP contribution in [0.2, 0.25) is 0 Å². The number of aromatic nitrogens is 2. The number of ether oxygens (including phenoxy) is 3. The van der Waals surface area contributed by atoms with E-state index >= 15 is 0 Å². The highest BCUT2D eigenvalue weighted by Gasteiger charge is 2.24. The number of esters is 1. The van der Waals surface area contributed by atoms with E-state index in [1.54, 1.807) is 6.92 Å². The van der Waals surface area contributed by atoms with E-state index in [2.05, 4.69) is 14.9 Å². The molecular formula is C21H23N3O5S. The predicted octanol–water partition coefficient (Wildman–Crippen LogP) is 2.74. The molecule has 1 aliphatic rings. The maximum Gasteiger partial charge on any atom is 0.348 e. The second-order valence-corrected chi connectivity index (χ2v) is 8.06. The van der Waals surface area contributed by atoms with Gasteiger partial charge in [-0.25, -0.2) is 9.78 Å². The zero-order chi connectivity index (χ0) is 21.3. The number of H-pyrrole nitrogens is 1. The zero-order valence-electron chi connectivity index (χ0n) is 17.1. The molecule has 2 aromatic heterocycles. The van der Waals surface area contributed by atoms with Crippen LogP contribution in [-0.2, 0) is 11.3 Å². The molecule has 0 saturated heterocycles. The summed E-state index contributed by atoms with van der Waals surface area (Å²) in [6.07, 6.45) is -0.120. The smallest absolute Gasteiger partial charge is 0.348 e. The molecule has 0 amide bonds. The Bertz CT molecular complexity index is 1140. The number of hydrogen-bond acceptors (Lipinski definition) is 8. The van der Waals surface area contributed by atoms with E-state index in [9.17, 15) is 9.59 Å². The van der Waals surface area contributed by atoms with E-state index in [0.717, 1.165) is 18.0 Å². The average molecular weight is 429 g/mol. The van der Waals surface area contributed by atoms with Crippen LogP contribution in [0.3, 0.4) is 0 Å². The summed E-state index contributed by atoms with van der Waals surface area (Å²) >= 11 is 1.18. The summed E-state index contributed by atoms with van der Waals surface area (Å²) < 4.78 is 16.6. The Morgan fingerprint density at radius 3 is 2.87 bits per heavy atom. The third kappa shape index (κ3) is 3.90. The third-order valence-electron chi connectivity index (χ3n) is 5.07. The van der Waals surface area contributed by atoms with Gasteiger partial charge in [0.2, 0.25) is 0 Å². The Hall–Kier alpha value is -2.91. The van der Waals surface area contributed by atoms with Crippen LogP contribution >= 0.6 is 11.3 Å². The van der Waals surface area contributed by atoms with E-state index in [1.807, 2.05) is 31.2 Å². The molecule has 1 aromatic carbocycles. The quantitative estimate of drug-likeness (QED) is 0.602. The Balaban J connectivity index is 1.52. The molecule has 0 aliphatic carbocycles. The molecule has 0 bridgehead atoms. The number of aromatic amines is 1. The molecule has 4 rings (SSSR count). The summed E-state index contributed by atoms with van der Waals surface area (Å²) in [6.45, 7) is 6.07. The fourth-order valence-corrected chi connectivity index (χ4v) is 4.63. The molecule has 0 saturated carbocycles. The van der Waals surface area contributed by atoms with Crippen LogP contribution in [0.1, 0.15) is 28.0 Å². The summed E-state index contributed by atoms with van der Waals surface area (Å²) in [7, 11) is 1.32. The molecule has 158 valence electrons. The number of para-hydroxylation sites is 2. The van der Waals surface area contributed by atoms with Gasteiger partial charge < -0.3 is 19.2 Å². The van der Waals surface area contributed by atoms with Gasteiger partial charge in [-0.1, -0.05) is 19.1 Å². The lowest BCUT2D eigenvalue weighted by molar-refractivity contribution is 0.0573. The molecule has 1 aliphatic heterocycles. The topological polar surface area (TPSA) is 93.8 Å². The second-order valence-electron chi connectivity index (χ2n) is 7.07. The second kappa shape index (κ2) is 8.45. The minimum absolute atomic E-state index is 0.120. The molecule has 0 fully saturated rings. The van der Waals surface area contributed by atoms with Gasteiger partial charge in [0.15, 0.2) is 11.5 Å². The van der Waals surface area contributed by atoms with Crippen molar-refractivity contribution in [2.45, 2.75) is 26.5 Å². The minimum Gasteiger partial charge on any atom is -0.486 e. The lowest BCUT2D eigenvalue weighted by Gasteiger charge is -2.30. The number of benzene rings is 1. The van der Waals surface area contributed by atoms with E-state index < -0.39 is 5.97 Å². The maximum absolute atomic E-state index is 12.6. The van der Waals surface area contributed by atoms with Crippen molar-refractivity contribution >= 4 is 27.5 Å². The number of thiophene rings is 1. The number of methoxy groups -OCH3 is 1. The first-order valence-corrected chi connectivity index (χ1v) is 10.5. The molecular weight excluding hydrogens is 406 g/mol. The number of nitrogens with one attached hydrogen (secondary N) is 1. The monoisotopic (exact) mass is 429 g/mol. The Morgan fingerprint density at radius 2 is 2.13 bits per heavy atom. The highest BCUT2D eigenvalue weighted by atomic mass is 32.1. The molecule has 8 nitrogen and oxygen atoms in total. The SMILES string of the molecule is CCN(Cc1nc2sc(C(=O)OC)c(C)c2c(=O)[nH]1)CC1COc2ccccc2O1. The normalized spacial score (nSPS) is 15.5.